The topological polar surface area (TPSA) is 47.1 Å². The zero-order valence-corrected chi connectivity index (χ0v) is 9.39. The van der Waals surface area contributed by atoms with Crippen molar-refractivity contribution in [3.8, 4) is 0 Å². The summed E-state index contributed by atoms with van der Waals surface area (Å²) >= 11 is 0. The molecular formula is C11H20N4. The summed E-state index contributed by atoms with van der Waals surface area (Å²) in [5, 5.41) is 0. The fourth-order valence-corrected chi connectivity index (χ4v) is 2.25. The van der Waals surface area contributed by atoms with Crippen LogP contribution in [0.4, 0.5) is 5.95 Å². The first-order valence-electron chi connectivity index (χ1n) is 5.78. The van der Waals surface area contributed by atoms with Crippen molar-refractivity contribution in [2.75, 3.05) is 18.8 Å². The van der Waals surface area contributed by atoms with Gasteiger partial charge in [-0.25, -0.2) is 4.98 Å². The molecule has 1 fully saturated rings. The van der Waals surface area contributed by atoms with Crippen molar-refractivity contribution in [2.24, 2.45) is 0 Å². The van der Waals surface area contributed by atoms with Gasteiger partial charge >= 0.3 is 0 Å². The summed E-state index contributed by atoms with van der Waals surface area (Å²) in [5.41, 5.74) is 5.75. The van der Waals surface area contributed by atoms with Crippen LogP contribution in [0.1, 0.15) is 26.2 Å². The predicted octanol–water partition coefficient (Wildman–Crippen LogP) is 1.34. The number of aromatic nitrogens is 2. The van der Waals surface area contributed by atoms with E-state index in [0.29, 0.717) is 12.0 Å². The van der Waals surface area contributed by atoms with Crippen LogP contribution in [0.3, 0.4) is 0 Å². The molecule has 15 heavy (non-hydrogen) atoms. The van der Waals surface area contributed by atoms with E-state index in [0.717, 1.165) is 6.54 Å². The van der Waals surface area contributed by atoms with Crippen LogP contribution in [0.25, 0.3) is 0 Å². The summed E-state index contributed by atoms with van der Waals surface area (Å²) in [4.78, 5) is 6.58. The van der Waals surface area contributed by atoms with Gasteiger partial charge < -0.3 is 10.3 Å². The lowest BCUT2D eigenvalue weighted by molar-refractivity contribution is 0.160. The quantitative estimate of drug-likeness (QED) is 0.815. The first kappa shape index (κ1) is 10.5. The highest BCUT2D eigenvalue weighted by molar-refractivity contribution is 5.16. The maximum absolute atomic E-state index is 5.75. The van der Waals surface area contributed by atoms with Crippen LogP contribution in [-0.4, -0.2) is 33.6 Å². The maximum atomic E-state index is 5.75. The van der Waals surface area contributed by atoms with E-state index in [9.17, 15) is 0 Å². The highest BCUT2D eigenvalue weighted by Gasteiger charge is 2.17. The van der Waals surface area contributed by atoms with E-state index >= 15 is 0 Å². The Morgan fingerprint density at radius 3 is 2.73 bits per heavy atom. The molecule has 4 nitrogen and oxygen atoms in total. The minimum Gasteiger partial charge on any atom is -0.369 e. The summed E-state index contributed by atoms with van der Waals surface area (Å²) in [6.45, 7) is 5.68. The van der Waals surface area contributed by atoms with Crippen molar-refractivity contribution in [2.45, 2.75) is 38.8 Å². The molecule has 1 unspecified atom stereocenters. The molecule has 4 heteroatoms. The molecule has 0 amide bonds. The lowest BCUT2D eigenvalue weighted by Crippen LogP contribution is -2.39. The lowest BCUT2D eigenvalue weighted by Gasteiger charge is -2.32. The Bertz CT molecular complexity index is 301. The van der Waals surface area contributed by atoms with Gasteiger partial charge in [0.05, 0.1) is 0 Å². The van der Waals surface area contributed by atoms with Gasteiger partial charge in [0.15, 0.2) is 5.95 Å². The summed E-state index contributed by atoms with van der Waals surface area (Å²) in [6.07, 6.45) is 7.78. The third-order valence-electron chi connectivity index (χ3n) is 3.22. The minimum atomic E-state index is 0.557. The fourth-order valence-electron chi connectivity index (χ4n) is 2.25. The predicted molar refractivity (Wildman–Crippen MR) is 61.5 cm³/mol. The second-order valence-corrected chi connectivity index (χ2v) is 4.38. The number of hydrogen-bond donors (Lipinski definition) is 1. The molecular weight excluding hydrogens is 188 g/mol. The van der Waals surface area contributed by atoms with Crippen LogP contribution in [0.2, 0.25) is 0 Å². The van der Waals surface area contributed by atoms with Crippen molar-refractivity contribution in [3.05, 3.63) is 12.4 Å². The van der Waals surface area contributed by atoms with E-state index in [1.54, 1.807) is 6.20 Å². The zero-order chi connectivity index (χ0) is 10.7. The monoisotopic (exact) mass is 208 g/mol. The summed E-state index contributed by atoms with van der Waals surface area (Å²) in [6, 6.07) is 0.557. The van der Waals surface area contributed by atoms with E-state index in [-0.39, 0.29) is 0 Å². The molecule has 0 saturated carbocycles. The first-order chi connectivity index (χ1) is 7.27. The molecule has 84 valence electrons. The maximum Gasteiger partial charge on any atom is 0.200 e. The van der Waals surface area contributed by atoms with Gasteiger partial charge in [-0.3, -0.25) is 4.90 Å². The highest BCUT2D eigenvalue weighted by atomic mass is 15.2. The summed E-state index contributed by atoms with van der Waals surface area (Å²) in [5.74, 6) is 0.624. The van der Waals surface area contributed by atoms with Gasteiger partial charge in [-0.2, -0.15) is 0 Å². The Morgan fingerprint density at radius 1 is 1.40 bits per heavy atom. The molecule has 1 aromatic rings. The number of imidazole rings is 1. The number of hydrogen-bond acceptors (Lipinski definition) is 3. The number of piperidine rings is 1. The van der Waals surface area contributed by atoms with Crippen molar-refractivity contribution in [3.63, 3.8) is 0 Å². The molecule has 1 aliphatic rings. The van der Waals surface area contributed by atoms with Crippen LogP contribution in [0.15, 0.2) is 12.4 Å². The third-order valence-corrected chi connectivity index (χ3v) is 3.22. The Labute approximate surface area is 91.1 Å². The molecule has 0 spiro atoms. The smallest absolute Gasteiger partial charge is 0.200 e. The van der Waals surface area contributed by atoms with Gasteiger partial charge in [0.25, 0.3) is 0 Å². The standard InChI is InChI=1S/C11H20N4/c1-10(14-6-3-2-4-7-14)9-15-8-5-13-11(15)12/h5,8,10H,2-4,6-7,9H2,1H3,(H2,12,13). The van der Waals surface area contributed by atoms with E-state index in [1.807, 2.05) is 10.8 Å². The molecule has 2 N–H and O–H groups in total. The Morgan fingerprint density at radius 2 is 2.13 bits per heavy atom. The molecule has 2 rings (SSSR count). The number of anilines is 1. The molecule has 0 aliphatic carbocycles. The number of nitrogens with two attached hydrogens (primary N) is 1. The van der Waals surface area contributed by atoms with Crippen molar-refractivity contribution >= 4 is 5.95 Å². The largest absolute Gasteiger partial charge is 0.369 e. The summed E-state index contributed by atoms with van der Waals surface area (Å²) in [7, 11) is 0. The van der Waals surface area contributed by atoms with Gasteiger partial charge in [-0.05, 0) is 32.9 Å². The van der Waals surface area contributed by atoms with E-state index in [2.05, 4.69) is 16.8 Å². The molecule has 1 aromatic heterocycles. The fraction of sp³-hybridized carbons (Fsp3) is 0.727. The van der Waals surface area contributed by atoms with Crippen molar-refractivity contribution in [1.82, 2.24) is 14.5 Å². The molecule has 0 aromatic carbocycles. The van der Waals surface area contributed by atoms with Gasteiger partial charge in [0, 0.05) is 25.0 Å². The van der Waals surface area contributed by atoms with Crippen LogP contribution >= 0.6 is 0 Å². The number of rotatable bonds is 3. The molecule has 1 saturated heterocycles. The Balaban J connectivity index is 1.91. The Hall–Kier alpha value is -1.03. The number of nitrogen functional groups attached to an aromatic ring is 1. The van der Waals surface area contributed by atoms with Crippen LogP contribution in [0.5, 0.6) is 0 Å². The van der Waals surface area contributed by atoms with Crippen LogP contribution in [-0.2, 0) is 6.54 Å². The number of likely N-dealkylation sites (tertiary alicyclic amines) is 1. The highest BCUT2D eigenvalue weighted by Crippen LogP contribution is 2.13. The number of nitrogens with zero attached hydrogens (tertiary/aromatic N) is 3. The van der Waals surface area contributed by atoms with E-state index < -0.39 is 0 Å². The average molecular weight is 208 g/mol. The van der Waals surface area contributed by atoms with Crippen LogP contribution < -0.4 is 5.73 Å². The Kier molecular flexibility index (Phi) is 3.26. The molecule has 0 radical (unpaired) electrons. The van der Waals surface area contributed by atoms with E-state index in [1.165, 1.54) is 32.4 Å². The molecule has 2 heterocycles. The molecule has 0 bridgehead atoms. The second kappa shape index (κ2) is 4.66. The van der Waals surface area contributed by atoms with Gasteiger partial charge in [0.1, 0.15) is 0 Å². The van der Waals surface area contributed by atoms with Gasteiger partial charge in [0.2, 0.25) is 0 Å². The first-order valence-corrected chi connectivity index (χ1v) is 5.78. The molecule has 1 atom stereocenters. The second-order valence-electron chi connectivity index (χ2n) is 4.38. The lowest BCUT2D eigenvalue weighted by atomic mass is 10.1. The SMILES string of the molecule is CC(Cn1ccnc1N)N1CCCCC1. The molecule has 1 aliphatic heterocycles. The van der Waals surface area contributed by atoms with Crippen molar-refractivity contribution < 1.29 is 0 Å². The third kappa shape index (κ3) is 2.50. The van der Waals surface area contributed by atoms with E-state index in [4.69, 9.17) is 5.73 Å². The zero-order valence-electron chi connectivity index (χ0n) is 9.39. The van der Waals surface area contributed by atoms with Crippen LogP contribution in [0, 0.1) is 0 Å². The minimum absolute atomic E-state index is 0.557. The average Bonchev–Trinajstić information content (AvgIpc) is 2.66. The van der Waals surface area contributed by atoms with Gasteiger partial charge in [-0.1, -0.05) is 6.42 Å². The normalized spacial score (nSPS) is 20.3. The summed E-state index contributed by atoms with van der Waals surface area (Å²) < 4.78 is 2.03. The van der Waals surface area contributed by atoms with Crippen molar-refractivity contribution in [1.29, 1.82) is 0 Å². The van der Waals surface area contributed by atoms with Gasteiger partial charge in [-0.15, -0.1) is 0 Å².